The Balaban J connectivity index is 1.71. The molecule has 2 heterocycles. The van der Waals surface area contributed by atoms with Crippen molar-refractivity contribution in [2.45, 2.75) is 32.3 Å². The van der Waals surface area contributed by atoms with Crippen molar-refractivity contribution >= 4 is 22.7 Å². The molecule has 1 aliphatic heterocycles. The third kappa shape index (κ3) is 2.76. The molecule has 0 spiro atoms. The number of ether oxygens (including phenoxy) is 2. The predicted molar refractivity (Wildman–Crippen MR) is 81.9 cm³/mol. The molecule has 3 rings (SSSR count). The van der Waals surface area contributed by atoms with Crippen LogP contribution in [0.25, 0.3) is 10.9 Å². The predicted octanol–water partition coefficient (Wildman–Crippen LogP) is 2.64. The van der Waals surface area contributed by atoms with Crippen LogP contribution in [-0.2, 0) is 20.7 Å². The van der Waals surface area contributed by atoms with Gasteiger partial charge in [-0.15, -0.1) is 0 Å². The molecule has 2 aromatic rings. The molecule has 5 nitrogen and oxygen atoms in total. The molecular formula is C17H19NO4. The van der Waals surface area contributed by atoms with E-state index in [1.165, 1.54) is 0 Å². The van der Waals surface area contributed by atoms with E-state index in [1.54, 1.807) is 6.20 Å². The number of carbonyl (C=O) groups excluding carboxylic acids is 2. The minimum absolute atomic E-state index is 0.203. The summed E-state index contributed by atoms with van der Waals surface area (Å²) in [7, 11) is 0. The van der Waals surface area contributed by atoms with Gasteiger partial charge in [-0.1, -0.05) is 25.1 Å². The van der Waals surface area contributed by atoms with E-state index < -0.39 is 12.1 Å². The number of fused-ring (bicyclic) bond motifs is 1. The molecule has 1 aromatic heterocycles. The minimum Gasteiger partial charge on any atom is -0.455 e. The number of aromatic amines is 1. The van der Waals surface area contributed by atoms with Crippen LogP contribution in [0, 0.1) is 0 Å². The van der Waals surface area contributed by atoms with Gasteiger partial charge in [0.1, 0.15) is 0 Å². The van der Waals surface area contributed by atoms with Crippen LogP contribution < -0.4 is 0 Å². The standard InChI is InChI=1S/C17H19NO4/c1-2-11-5-3-6-12-13(9-18-16(11)12)14(19)10-22-17(20)15-7-4-8-21-15/h3,5-6,9,15,18H,2,4,7-8,10H2,1H3. The van der Waals surface area contributed by atoms with Gasteiger partial charge in [0.2, 0.25) is 5.78 Å². The molecule has 1 saturated heterocycles. The third-order valence-corrected chi connectivity index (χ3v) is 4.02. The highest BCUT2D eigenvalue weighted by Crippen LogP contribution is 2.23. The van der Waals surface area contributed by atoms with Gasteiger partial charge in [-0.25, -0.2) is 4.79 Å². The first-order chi connectivity index (χ1) is 10.7. The molecule has 0 radical (unpaired) electrons. The van der Waals surface area contributed by atoms with Gasteiger partial charge in [-0.3, -0.25) is 4.79 Å². The molecule has 1 atom stereocenters. The maximum absolute atomic E-state index is 12.3. The lowest BCUT2D eigenvalue weighted by Gasteiger charge is -2.08. The first-order valence-electron chi connectivity index (χ1n) is 7.61. The summed E-state index contributed by atoms with van der Waals surface area (Å²) in [6.45, 7) is 2.40. The lowest BCUT2D eigenvalue weighted by Crippen LogP contribution is -2.24. The zero-order valence-electron chi connectivity index (χ0n) is 12.6. The Kier molecular flexibility index (Phi) is 4.24. The number of nitrogens with one attached hydrogen (secondary N) is 1. The Labute approximate surface area is 128 Å². The van der Waals surface area contributed by atoms with Gasteiger partial charge in [0.05, 0.1) is 0 Å². The lowest BCUT2D eigenvalue weighted by molar-refractivity contribution is -0.153. The maximum Gasteiger partial charge on any atom is 0.335 e. The number of rotatable bonds is 5. The van der Waals surface area contributed by atoms with E-state index in [0.717, 1.165) is 29.3 Å². The Hall–Kier alpha value is -2.14. The molecule has 0 saturated carbocycles. The molecule has 1 unspecified atom stereocenters. The van der Waals surface area contributed by atoms with Crippen LogP contribution in [0.3, 0.4) is 0 Å². The fourth-order valence-corrected chi connectivity index (χ4v) is 2.81. The molecule has 1 aliphatic rings. The zero-order chi connectivity index (χ0) is 15.5. The minimum atomic E-state index is -0.512. The van der Waals surface area contributed by atoms with Crippen LogP contribution in [0.2, 0.25) is 0 Å². The van der Waals surface area contributed by atoms with E-state index >= 15 is 0 Å². The number of esters is 1. The Morgan fingerprint density at radius 2 is 2.27 bits per heavy atom. The average Bonchev–Trinajstić information content (AvgIpc) is 3.20. The monoisotopic (exact) mass is 301 g/mol. The van der Waals surface area contributed by atoms with Crippen molar-refractivity contribution in [2.24, 2.45) is 0 Å². The number of para-hydroxylation sites is 1. The van der Waals surface area contributed by atoms with E-state index in [0.29, 0.717) is 18.6 Å². The highest BCUT2D eigenvalue weighted by molar-refractivity contribution is 6.09. The van der Waals surface area contributed by atoms with Gasteiger partial charge in [0.25, 0.3) is 0 Å². The van der Waals surface area contributed by atoms with Gasteiger partial charge in [0.15, 0.2) is 12.7 Å². The highest BCUT2D eigenvalue weighted by atomic mass is 16.6. The summed E-state index contributed by atoms with van der Waals surface area (Å²) in [5, 5.41) is 0.873. The van der Waals surface area contributed by atoms with Gasteiger partial charge in [0, 0.05) is 29.3 Å². The molecule has 0 bridgehead atoms. The topological polar surface area (TPSA) is 68.4 Å². The third-order valence-electron chi connectivity index (χ3n) is 4.02. The molecule has 22 heavy (non-hydrogen) atoms. The molecule has 5 heteroatoms. The number of hydrogen-bond acceptors (Lipinski definition) is 4. The first-order valence-corrected chi connectivity index (χ1v) is 7.61. The Morgan fingerprint density at radius 3 is 3.00 bits per heavy atom. The molecule has 1 aromatic carbocycles. The first kappa shape index (κ1) is 14.8. The summed E-state index contributed by atoms with van der Waals surface area (Å²) < 4.78 is 10.3. The molecule has 1 fully saturated rings. The fraction of sp³-hybridized carbons (Fsp3) is 0.412. The van der Waals surface area contributed by atoms with E-state index in [-0.39, 0.29) is 12.4 Å². The zero-order valence-corrected chi connectivity index (χ0v) is 12.6. The maximum atomic E-state index is 12.3. The second-order valence-corrected chi connectivity index (χ2v) is 5.43. The summed E-state index contributed by atoms with van der Waals surface area (Å²) in [6.07, 6.45) is 3.59. The number of ketones is 1. The van der Waals surface area contributed by atoms with Crippen molar-refractivity contribution in [3.63, 3.8) is 0 Å². The van der Waals surface area contributed by atoms with Crippen molar-refractivity contribution in [3.8, 4) is 0 Å². The fourth-order valence-electron chi connectivity index (χ4n) is 2.81. The van der Waals surface area contributed by atoms with Crippen molar-refractivity contribution in [3.05, 3.63) is 35.5 Å². The van der Waals surface area contributed by atoms with Crippen molar-refractivity contribution < 1.29 is 19.1 Å². The average molecular weight is 301 g/mol. The van der Waals surface area contributed by atoms with E-state index in [9.17, 15) is 9.59 Å². The Bertz CT molecular complexity index is 698. The van der Waals surface area contributed by atoms with Crippen molar-refractivity contribution in [1.82, 2.24) is 4.98 Å². The van der Waals surface area contributed by atoms with Gasteiger partial charge in [-0.2, -0.15) is 0 Å². The van der Waals surface area contributed by atoms with E-state index in [4.69, 9.17) is 9.47 Å². The van der Waals surface area contributed by atoms with E-state index in [2.05, 4.69) is 11.9 Å². The molecule has 1 N–H and O–H groups in total. The number of hydrogen-bond donors (Lipinski definition) is 1. The van der Waals surface area contributed by atoms with Crippen LogP contribution in [0.1, 0.15) is 35.7 Å². The molecular weight excluding hydrogens is 282 g/mol. The SMILES string of the molecule is CCc1cccc2c(C(=O)COC(=O)C3CCCO3)c[nH]c12. The summed E-state index contributed by atoms with van der Waals surface area (Å²) in [4.78, 5) is 27.2. The van der Waals surface area contributed by atoms with Crippen LogP contribution >= 0.6 is 0 Å². The largest absolute Gasteiger partial charge is 0.455 e. The number of Topliss-reactive ketones (excluding diaryl/α,β-unsaturated/α-hetero) is 1. The normalized spacial score (nSPS) is 17.8. The quantitative estimate of drug-likeness (QED) is 0.681. The number of aryl methyl sites for hydroxylation is 1. The van der Waals surface area contributed by atoms with Crippen molar-refractivity contribution in [1.29, 1.82) is 0 Å². The second kappa shape index (κ2) is 6.32. The summed E-state index contributed by atoms with van der Waals surface area (Å²) >= 11 is 0. The second-order valence-electron chi connectivity index (χ2n) is 5.43. The van der Waals surface area contributed by atoms with Crippen LogP contribution in [0.15, 0.2) is 24.4 Å². The number of carbonyl (C=O) groups is 2. The van der Waals surface area contributed by atoms with Gasteiger partial charge in [-0.05, 0) is 24.8 Å². The van der Waals surface area contributed by atoms with E-state index in [1.807, 2.05) is 18.2 Å². The molecule has 0 amide bonds. The molecule has 116 valence electrons. The number of H-pyrrole nitrogens is 1. The molecule has 0 aliphatic carbocycles. The Morgan fingerprint density at radius 1 is 1.41 bits per heavy atom. The number of benzene rings is 1. The van der Waals surface area contributed by atoms with Gasteiger partial charge >= 0.3 is 5.97 Å². The van der Waals surface area contributed by atoms with Crippen molar-refractivity contribution in [2.75, 3.05) is 13.2 Å². The lowest BCUT2D eigenvalue weighted by atomic mass is 10.1. The van der Waals surface area contributed by atoms with Gasteiger partial charge < -0.3 is 14.5 Å². The van der Waals surface area contributed by atoms with Crippen LogP contribution in [-0.4, -0.2) is 36.1 Å². The van der Waals surface area contributed by atoms with Crippen LogP contribution in [0.4, 0.5) is 0 Å². The summed E-state index contributed by atoms with van der Waals surface area (Å²) in [6, 6.07) is 5.87. The summed E-state index contributed by atoms with van der Waals surface area (Å²) in [5.74, 6) is -0.647. The summed E-state index contributed by atoms with van der Waals surface area (Å²) in [5.41, 5.74) is 2.69. The van der Waals surface area contributed by atoms with Crippen LogP contribution in [0.5, 0.6) is 0 Å². The smallest absolute Gasteiger partial charge is 0.335 e. The highest BCUT2D eigenvalue weighted by Gasteiger charge is 2.26. The number of aromatic nitrogens is 1.